The number of anilines is 1. The highest BCUT2D eigenvalue weighted by Crippen LogP contribution is 2.40. The number of aromatic nitrogens is 1. The Morgan fingerprint density at radius 1 is 1.20 bits per heavy atom. The molecule has 0 saturated carbocycles. The van der Waals surface area contributed by atoms with Gasteiger partial charge in [0.2, 0.25) is 0 Å². The van der Waals surface area contributed by atoms with Crippen molar-refractivity contribution in [1.29, 1.82) is 0 Å². The van der Waals surface area contributed by atoms with E-state index in [-0.39, 0.29) is 4.91 Å². The predicted molar refractivity (Wildman–Crippen MR) is 120 cm³/mol. The molecule has 0 radical (unpaired) electrons. The Kier molecular flexibility index (Phi) is 5.82. The van der Waals surface area contributed by atoms with Crippen molar-refractivity contribution in [3.05, 3.63) is 35.9 Å². The van der Waals surface area contributed by atoms with Crippen LogP contribution in [0.3, 0.4) is 0 Å². The van der Waals surface area contributed by atoms with Crippen molar-refractivity contribution in [1.82, 2.24) is 9.29 Å². The average molecular weight is 432 g/mol. The lowest BCUT2D eigenvalue weighted by molar-refractivity contribution is -0.123. The summed E-state index contributed by atoms with van der Waals surface area (Å²) < 4.78 is 32.7. The Bertz CT molecular complexity index is 1120. The maximum Gasteiger partial charge on any atom is 0.268 e. The number of nitrogens with one attached hydrogen (secondary N) is 1. The van der Waals surface area contributed by atoms with Crippen LogP contribution in [0, 0.1) is 5.92 Å². The van der Waals surface area contributed by atoms with Gasteiger partial charge in [-0.25, -0.2) is 17.7 Å². The first-order valence-electron chi connectivity index (χ1n) is 9.99. The van der Waals surface area contributed by atoms with Crippen molar-refractivity contribution in [2.45, 2.75) is 46.6 Å². The SMILES string of the molecule is COc1cc2ccc(NCCC(C)C)nc2cc1C1=CC(=O)N(C(C)(C)C)S1(=O)=O. The van der Waals surface area contributed by atoms with E-state index in [0.29, 0.717) is 22.7 Å². The van der Waals surface area contributed by atoms with Gasteiger partial charge in [0.15, 0.2) is 0 Å². The third-order valence-corrected chi connectivity index (χ3v) is 6.99. The second kappa shape index (κ2) is 7.91. The number of methoxy groups -OCH3 is 1. The Morgan fingerprint density at radius 3 is 2.47 bits per heavy atom. The minimum Gasteiger partial charge on any atom is -0.496 e. The summed E-state index contributed by atoms with van der Waals surface area (Å²) in [6.45, 7) is 10.2. The first-order valence-corrected chi connectivity index (χ1v) is 11.4. The molecule has 7 nitrogen and oxygen atoms in total. The third kappa shape index (κ3) is 4.14. The maximum absolute atomic E-state index is 13.2. The van der Waals surface area contributed by atoms with Crippen LogP contribution in [-0.2, 0) is 14.8 Å². The molecule has 2 aromatic rings. The van der Waals surface area contributed by atoms with Gasteiger partial charge in [-0.15, -0.1) is 0 Å². The van der Waals surface area contributed by atoms with Gasteiger partial charge in [-0.3, -0.25) is 4.79 Å². The smallest absolute Gasteiger partial charge is 0.268 e. The van der Waals surface area contributed by atoms with Gasteiger partial charge in [0.1, 0.15) is 16.5 Å². The standard InChI is InChI=1S/C22H29N3O4S/c1-14(2)9-10-23-20-8-7-15-11-18(29-6)16(12-17(15)24-20)19-13-21(26)25(22(3,4)5)30(19,27)28/h7-8,11-14H,9-10H2,1-6H3,(H,23,24). The quantitative estimate of drug-likeness (QED) is 0.743. The third-order valence-electron chi connectivity index (χ3n) is 4.89. The van der Waals surface area contributed by atoms with Crippen molar-refractivity contribution in [2.75, 3.05) is 19.0 Å². The second-order valence-electron chi connectivity index (χ2n) is 8.84. The zero-order valence-electron chi connectivity index (χ0n) is 18.3. The molecule has 162 valence electrons. The summed E-state index contributed by atoms with van der Waals surface area (Å²) in [7, 11) is -2.52. The van der Waals surface area contributed by atoms with Gasteiger partial charge in [0.25, 0.3) is 15.9 Å². The van der Waals surface area contributed by atoms with Crippen LogP contribution in [0.15, 0.2) is 30.3 Å². The lowest BCUT2D eigenvalue weighted by Gasteiger charge is -2.30. The summed E-state index contributed by atoms with van der Waals surface area (Å²) in [6, 6.07) is 7.22. The van der Waals surface area contributed by atoms with E-state index in [1.807, 2.05) is 12.1 Å². The molecular formula is C22H29N3O4S. The van der Waals surface area contributed by atoms with Gasteiger partial charge < -0.3 is 10.1 Å². The van der Waals surface area contributed by atoms with Gasteiger partial charge in [-0.2, -0.15) is 0 Å². The van der Waals surface area contributed by atoms with E-state index in [4.69, 9.17) is 4.74 Å². The minimum absolute atomic E-state index is 0.0684. The molecule has 1 N–H and O–H groups in total. The Hall–Kier alpha value is -2.61. The molecule has 3 rings (SSSR count). The lowest BCUT2D eigenvalue weighted by Crippen LogP contribution is -2.45. The van der Waals surface area contributed by atoms with Crippen LogP contribution in [-0.4, -0.2) is 42.8 Å². The molecule has 1 aliphatic heterocycles. The Balaban J connectivity index is 2.07. The van der Waals surface area contributed by atoms with Gasteiger partial charge >= 0.3 is 0 Å². The Morgan fingerprint density at radius 2 is 1.90 bits per heavy atom. The van der Waals surface area contributed by atoms with Crippen molar-refractivity contribution in [3.8, 4) is 5.75 Å². The molecule has 0 atom stereocenters. The van der Waals surface area contributed by atoms with Crippen molar-refractivity contribution in [2.24, 2.45) is 5.92 Å². The van der Waals surface area contributed by atoms with E-state index in [1.54, 1.807) is 32.9 Å². The fourth-order valence-electron chi connectivity index (χ4n) is 3.47. The number of benzene rings is 1. The first-order chi connectivity index (χ1) is 13.9. The molecule has 1 aromatic carbocycles. The van der Waals surface area contributed by atoms with Crippen LogP contribution in [0.25, 0.3) is 15.8 Å². The van der Waals surface area contributed by atoms with E-state index in [9.17, 15) is 13.2 Å². The number of rotatable bonds is 6. The Labute approximate surface area is 178 Å². The molecule has 0 spiro atoms. The van der Waals surface area contributed by atoms with Crippen LogP contribution < -0.4 is 10.1 Å². The number of hydrogen-bond acceptors (Lipinski definition) is 6. The molecule has 8 heteroatoms. The largest absolute Gasteiger partial charge is 0.496 e. The normalized spacial score (nSPS) is 16.3. The van der Waals surface area contributed by atoms with E-state index < -0.39 is 21.5 Å². The lowest BCUT2D eigenvalue weighted by atomic mass is 10.1. The minimum atomic E-state index is -4.00. The highest BCUT2D eigenvalue weighted by Gasteiger charge is 2.45. The van der Waals surface area contributed by atoms with Crippen molar-refractivity contribution in [3.63, 3.8) is 0 Å². The van der Waals surface area contributed by atoms with Gasteiger partial charge in [-0.1, -0.05) is 13.8 Å². The van der Waals surface area contributed by atoms with Crippen LogP contribution >= 0.6 is 0 Å². The van der Waals surface area contributed by atoms with Gasteiger partial charge in [0, 0.05) is 23.6 Å². The fourth-order valence-corrected chi connectivity index (χ4v) is 5.36. The van der Waals surface area contributed by atoms with Crippen LogP contribution in [0.2, 0.25) is 0 Å². The molecule has 1 amide bonds. The average Bonchev–Trinajstić information content (AvgIpc) is 2.88. The molecular weight excluding hydrogens is 402 g/mol. The molecule has 30 heavy (non-hydrogen) atoms. The topological polar surface area (TPSA) is 88.6 Å². The summed E-state index contributed by atoms with van der Waals surface area (Å²) in [5.41, 5.74) is 0.0827. The number of ether oxygens (including phenoxy) is 1. The van der Waals surface area contributed by atoms with E-state index in [0.717, 1.165) is 34.6 Å². The summed E-state index contributed by atoms with van der Waals surface area (Å²) in [4.78, 5) is 17.1. The number of amides is 1. The number of nitrogens with zero attached hydrogens (tertiary/aromatic N) is 2. The number of carbonyl (C=O) groups is 1. The molecule has 0 saturated heterocycles. The van der Waals surface area contributed by atoms with Gasteiger partial charge in [-0.05, 0) is 57.4 Å². The number of fused-ring (bicyclic) bond motifs is 1. The fraction of sp³-hybridized carbons (Fsp3) is 0.455. The highest BCUT2D eigenvalue weighted by molar-refractivity contribution is 7.99. The zero-order chi connectivity index (χ0) is 22.3. The number of hydrogen-bond donors (Lipinski definition) is 1. The summed E-state index contributed by atoms with van der Waals surface area (Å²) in [6.07, 6.45) is 2.18. The predicted octanol–water partition coefficient (Wildman–Crippen LogP) is 4.01. The zero-order valence-corrected chi connectivity index (χ0v) is 19.1. The summed E-state index contributed by atoms with van der Waals surface area (Å²) in [5.74, 6) is 1.12. The molecule has 2 heterocycles. The van der Waals surface area contributed by atoms with Gasteiger partial charge in [0.05, 0.1) is 18.2 Å². The monoisotopic (exact) mass is 431 g/mol. The second-order valence-corrected chi connectivity index (χ2v) is 10.6. The number of pyridine rings is 1. The van der Waals surface area contributed by atoms with E-state index >= 15 is 0 Å². The maximum atomic E-state index is 13.2. The van der Waals surface area contributed by atoms with Crippen molar-refractivity contribution >= 4 is 37.6 Å². The number of sulfonamides is 1. The molecule has 0 bridgehead atoms. The first kappa shape index (κ1) is 22.1. The molecule has 0 aliphatic carbocycles. The molecule has 1 aliphatic rings. The highest BCUT2D eigenvalue weighted by atomic mass is 32.2. The van der Waals surface area contributed by atoms with Crippen LogP contribution in [0.1, 0.15) is 46.6 Å². The number of carbonyl (C=O) groups excluding carboxylic acids is 1. The van der Waals surface area contributed by atoms with Crippen LogP contribution in [0.4, 0.5) is 5.82 Å². The molecule has 0 fully saturated rings. The molecule has 1 aromatic heterocycles. The van der Waals surface area contributed by atoms with Crippen molar-refractivity contribution < 1.29 is 17.9 Å². The summed E-state index contributed by atoms with van der Waals surface area (Å²) in [5, 5.41) is 4.12. The molecule has 0 unspecified atom stereocenters. The summed E-state index contributed by atoms with van der Waals surface area (Å²) >= 11 is 0. The van der Waals surface area contributed by atoms with E-state index in [1.165, 1.54) is 7.11 Å². The van der Waals surface area contributed by atoms with Crippen LogP contribution in [0.5, 0.6) is 5.75 Å². The van der Waals surface area contributed by atoms with E-state index in [2.05, 4.69) is 24.1 Å².